The lowest BCUT2D eigenvalue weighted by Crippen LogP contribution is -2.10. The number of carbonyl (C=O) groups is 2. The highest BCUT2D eigenvalue weighted by Crippen LogP contribution is 2.28. The monoisotopic (exact) mass is 268 g/mol. The van der Waals surface area contributed by atoms with Crippen LogP contribution in [0.3, 0.4) is 0 Å². The molecule has 0 saturated heterocycles. The molecule has 0 atom stereocenters. The molecular weight excluding hydrogens is 252 g/mol. The number of esters is 1. The molecule has 0 N–H and O–H groups in total. The van der Waals surface area contributed by atoms with Gasteiger partial charge in [0, 0.05) is 12.7 Å². The average molecular weight is 268 g/mol. The number of hydrogen-bond acceptors (Lipinski definition) is 6. The Hall–Kier alpha value is -2.08. The number of ether oxygens (including phenoxy) is 4. The van der Waals surface area contributed by atoms with Crippen molar-refractivity contribution in [1.82, 2.24) is 0 Å². The first-order valence-electron chi connectivity index (χ1n) is 5.52. The van der Waals surface area contributed by atoms with Gasteiger partial charge in [-0.05, 0) is 18.2 Å². The number of benzene rings is 1. The Labute approximate surface area is 111 Å². The topological polar surface area (TPSA) is 71.1 Å². The Morgan fingerprint density at radius 3 is 2.42 bits per heavy atom. The van der Waals surface area contributed by atoms with Crippen LogP contribution >= 0.6 is 0 Å². The molecule has 0 radical (unpaired) electrons. The first-order chi connectivity index (χ1) is 9.12. The smallest absolute Gasteiger partial charge is 0.313 e. The van der Waals surface area contributed by atoms with E-state index in [-0.39, 0.29) is 19.0 Å². The fourth-order valence-electron chi connectivity index (χ4n) is 1.39. The van der Waals surface area contributed by atoms with E-state index in [1.54, 1.807) is 12.1 Å². The lowest BCUT2D eigenvalue weighted by atomic mass is 10.1. The standard InChI is InChI=1S/C13H16O6/c1-16-8-19-11-5-4-9(6-12(11)17-2)10(14)7-13(15)18-3/h4-6H,7-8H2,1-3H3. The highest BCUT2D eigenvalue weighted by molar-refractivity contribution is 6.06. The molecule has 6 heteroatoms. The number of carbonyl (C=O) groups excluding carboxylic acids is 2. The van der Waals surface area contributed by atoms with Gasteiger partial charge < -0.3 is 18.9 Å². The van der Waals surface area contributed by atoms with Gasteiger partial charge in [-0.3, -0.25) is 9.59 Å². The van der Waals surface area contributed by atoms with Crippen molar-refractivity contribution in [2.45, 2.75) is 6.42 Å². The Balaban J connectivity index is 2.86. The molecule has 0 aliphatic heterocycles. The number of ketones is 1. The molecular formula is C13H16O6. The Bertz CT molecular complexity index is 454. The summed E-state index contributed by atoms with van der Waals surface area (Å²) in [4.78, 5) is 22.8. The fraction of sp³-hybridized carbons (Fsp3) is 0.385. The molecule has 0 fully saturated rings. The van der Waals surface area contributed by atoms with Crippen LogP contribution in [0.4, 0.5) is 0 Å². The van der Waals surface area contributed by atoms with Gasteiger partial charge in [-0.15, -0.1) is 0 Å². The summed E-state index contributed by atoms with van der Waals surface area (Å²) in [6.45, 7) is 0.0752. The summed E-state index contributed by atoms with van der Waals surface area (Å²) in [6.07, 6.45) is -0.308. The molecule has 0 aromatic heterocycles. The maximum absolute atomic E-state index is 11.8. The molecule has 104 valence electrons. The van der Waals surface area contributed by atoms with Gasteiger partial charge in [-0.1, -0.05) is 0 Å². The van der Waals surface area contributed by atoms with Gasteiger partial charge in [0.05, 0.1) is 14.2 Å². The van der Waals surface area contributed by atoms with Crippen molar-refractivity contribution < 1.29 is 28.5 Å². The van der Waals surface area contributed by atoms with E-state index in [0.29, 0.717) is 17.1 Å². The summed E-state index contributed by atoms with van der Waals surface area (Å²) in [5.74, 6) is -0.0705. The summed E-state index contributed by atoms with van der Waals surface area (Å²) >= 11 is 0. The molecule has 0 heterocycles. The van der Waals surface area contributed by atoms with Crippen molar-refractivity contribution in [3.63, 3.8) is 0 Å². The van der Waals surface area contributed by atoms with Gasteiger partial charge in [-0.2, -0.15) is 0 Å². The van der Waals surface area contributed by atoms with Crippen LogP contribution in [0.5, 0.6) is 11.5 Å². The summed E-state index contributed by atoms with van der Waals surface area (Å²) in [5.41, 5.74) is 0.354. The molecule has 6 nitrogen and oxygen atoms in total. The van der Waals surface area contributed by atoms with Gasteiger partial charge in [0.2, 0.25) is 0 Å². The molecule has 0 amide bonds. The SMILES string of the molecule is COCOc1ccc(C(=O)CC(=O)OC)cc1OC. The van der Waals surface area contributed by atoms with Crippen LogP contribution < -0.4 is 9.47 Å². The largest absolute Gasteiger partial charge is 0.493 e. The zero-order valence-electron chi connectivity index (χ0n) is 11.1. The second-order valence-corrected chi connectivity index (χ2v) is 3.59. The second-order valence-electron chi connectivity index (χ2n) is 3.59. The number of Topliss-reactive ketones (excluding diaryl/α,β-unsaturated/α-hetero) is 1. The zero-order valence-corrected chi connectivity index (χ0v) is 11.1. The highest BCUT2D eigenvalue weighted by Gasteiger charge is 2.14. The summed E-state index contributed by atoms with van der Waals surface area (Å²) < 4.78 is 19.6. The lowest BCUT2D eigenvalue weighted by molar-refractivity contribution is -0.139. The molecule has 19 heavy (non-hydrogen) atoms. The average Bonchev–Trinajstić information content (AvgIpc) is 2.44. The van der Waals surface area contributed by atoms with Crippen molar-refractivity contribution >= 4 is 11.8 Å². The van der Waals surface area contributed by atoms with Crippen LogP contribution in [0.25, 0.3) is 0 Å². The first kappa shape index (κ1) is 15.0. The van der Waals surface area contributed by atoms with Crippen LogP contribution in [-0.4, -0.2) is 39.9 Å². The third-order valence-electron chi connectivity index (χ3n) is 2.35. The minimum Gasteiger partial charge on any atom is -0.493 e. The first-order valence-corrected chi connectivity index (χ1v) is 5.52. The third-order valence-corrected chi connectivity index (χ3v) is 2.35. The summed E-state index contributed by atoms with van der Waals surface area (Å²) in [6, 6.07) is 4.65. The van der Waals surface area contributed by atoms with Crippen molar-refractivity contribution in [3.8, 4) is 11.5 Å². The second kappa shape index (κ2) is 7.38. The predicted molar refractivity (Wildman–Crippen MR) is 66.5 cm³/mol. The van der Waals surface area contributed by atoms with Crippen LogP contribution in [0.15, 0.2) is 18.2 Å². The van der Waals surface area contributed by atoms with Crippen LogP contribution in [0.1, 0.15) is 16.8 Å². The number of methoxy groups -OCH3 is 3. The lowest BCUT2D eigenvalue weighted by Gasteiger charge is -2.11. The Morgan fingerprint density at radius 2 is 1.84 bits per heavy atom. The maximum atomic E-state index is 11.8. The zero-order chi connectivity index (χ0) is 14.3. The Kier molecular flexibility index (Phi) is 5.81. The Morgan fingerprint density at radius 1 is 1.11 bits per heavy atom. The molecule has 1 rings (SSSR count). The van der Waals surface area contributed by atoms with Crippen molar-refractivity contribution in [1.29, 1.82) is 0 Å². The van der Waals surface area contributed by atoms with Crippen molar-refractivity contribution in [3.05, 3.63) is 23.8 Å². The molecule has 0 spiro atoms. The van der Waals surface area contributed by atoms with E-state index in [2.05, 4.69) is 4.74 Å². The molecule has 0 saturated carbocycles. The minimum absolute atomic E-state index is 0.0752. The molecule has 0 unspecified atom stereocenters. The quantitative estimate of drug-likeness (QED) is 0.322. The van der Waals surface area contributed by atoms with Gasteiger partial charge in [0.15, 0.2) is 24.1 Å². The third kappa shape index (κ3) is 4.26. The molecule has 0 aliphatic carbocycles. The van der Waals surface area contributed by atoms with E-state index in [1.165, 1.54) is 27.4 Å². The van der Waals surface area contributed by atoms with Crippen molar-refractivity contribution in [2.75, 3.05) is 28.1 Å². The molecule has 1 aromatic rings. The van der Waals surface area contributed by atoms with E-state index < -0.39 is 5.97 Å². The van der Waals surface area contributed by atoms with Gasteiger partial charge in [-0.25, -0.2) is 0 Å². The summed E-state index contributed by atoms with van der Waals surface area (Å²) in [7, 11) is 4.20. The van der Waals surface area contributed by atoms with E-state index in [0.717, 1.165) is 0 Å². The van der Waals surface area contributed by atoms with Crippen LogP contribution in [0.2, 0.25) is 0 Å². The fourth-order valence-corrected chi connectivity index (χ4v) is 1.39. The molecule has 0 aliphatic rings. The maximum Gasteiger partial charge on any atom is 0.313 e. The van der Waals surface area contributed by atoms with E-state index in [4.69, 9.17) is 14.2 Å². The van der Waals surface area contributed by atoms with E-state index in [9.17, 15) is 9.59 Å². The van der Waals surface area contributed by atoms with Crippen molar-refractivity contribution in [2.24, 2.45) is 0 Å². The summed E-state index contributed by atoms with van der Waals surface area (Å²) in [5, 5.41) is 0. The van der Waals surface area contributed by atoms with Gasteiger partial charge in [0.1, 0.15) is 6.42 Å². The van der Waals surface area contributed by atoms with Gasteiger partial charge in [0.25, 0.3) is 0 Å². The highest BCUT2D eigenvalue weighted by atomic mass is 16.7. The van der Waals surface area contributed by atoms with E-state index >= 15 is 0 Å². The molecule has 1 aromatic carbocycles. The van der Waals surface area contributed by atoms with E-state index in [1.807, 2.05) is 0 Å². The predicted octanol–water partition coefficient (Wildman–Crippen LogP) is 1.42. The van der Waals surface area contributed by atoms with Crippen LogP contribution in [0, 0.1) is 0 Å². The number of rotatable bonds is 7. The normalized spacial score (nSPS) is 9.84. The van der Waals surface area contributed by atoms with Gasteiger partial charge >= 0.3 is 5.97 Å². The molecule has 0 bridgehead atoms. The van der Waals surface area contributed by atoms with Crippen LogP contribution in [-0.2, 0) is 14.3 Å². The number of hydrogen-bond donors (Lipinski definition) is 0. The minimum atomic E-state index is -0.580.